The second-order valence-electron chi connectivity index (χ2n) is 7.90. The van der Waals surface area contributed by atoms with Crippen LogP contribution in [0.15, 0.2) is 42.6 Å². The third-order valence-electron chi connectivity index (χ3n) is 5.77. The lowest BCUT2D eigenvalue weighted by atomic mass is 10.0. The molecular weight excluding hydrogens is 388 g/mol. The molecule has 1 N–H and O–H groups in total. The number of carbonyl (C=O) groups excluding carboxylic acids is 1. The van der Waals surface area contributed by atoms with Gasteiger partial charge in [-0.25, -0.2) is 0 Å². The smallest absolute Gasteiger partial charge is 0.252 e. The van der Waals surface area contributed by atoms with Crippen LogP contribution in [0.4, 0.5) is 0 Å². The molecule has 7 nitrogen and oxygen atoms in total. The van der Waals surface area contributed by atoms with Gasteiger partial charge < -0.3 is 5.32 Å². The molecule has 0 radical (unpaired) electrons. The van der Waals surface area contributed by atoms with E-state index >= 15 is 0 Å². The Labute approximate surface area is 182 Å². The lowest BCUT2D eigenvalue weighted by molar-refractivity contribution is 0.0941. The van der Waals surface area contributed by atoms with E-state index in [9.17, 15) is 4.79 Å². The van der Waals surface area contributed by atoms with Gasteiger partial charge in [0.25, 0.3) is 5.91 Å². The van der Waals surface area contributed by atoms with Gasteiger partial charge in [0.15, 0.2) is 0 Å². The minimum absolute atomic E-state index is 0.118. The number of hydrogen-bond donors (Lipinski definition) is 1. The number of nitrogens with zero attached hydrogens (tertiary/aromatic N) is 5. The molecule has 0 saturated carbocycles. The first-order valence-electron chi connectivity index (χ1n) is 10.6. The molecule has 1 atom stereocenters. The number of aromatic nitrogens is 5. The van der Waals surface area contributed by atoms with Gasteiger partial charge in [0, 0.05) is 35.1 Å². The second kappa shape index (κ2) is 8.34. The monoisotopic (exact) mass is 416 g/mol. The third-order valence-corrected chi connectivity index (χ3v) is 5.77. The lowest BCUT2D eigenvalue weighted by Gasteiger charge is -2.17. The molecule has 0 fully saturated rings. The molecule has 0 aliphatic heterocycles. The van der Waals surface area contributed by atoms with Crippen LogP contribution in [0.3, 0.4) is 0 Å². The van der Waals surface area contributed by atoms with Gasteiger partial charge >= 0.3 is 0 Å². The van der Waals surface area contributed by atoms with E-state index in [1.807, 2.05) is 73.5 Å². The number of rotatable bonds is 6. The van der Waals surface area contributed by atoms with Crippen LogP contribution >= 0.6 is 0 Å². The van der Waals surface area contributed by atoms with Crippen molar-refractivity contribution in [1.29, 1.82) is 0 Å². The molecule has 0 spiro atoms. The summed E-state index contributed by atoms with van der Waals surface area (Å²) < 4.78 is 3.85. The van der Waals surface area contributed by atoms with E-state index in [0.717, 1.165) is 45.8 Å². The number of amides is 1. The highest BCUT2D eigenvalue weighted by molar-refractivity contribution is 6.06. The molecule has 0 saturated heterocycles. The van der Waals surface area contributed by atoms with Crippen LogP contribution in [0.25, 0.3) is 10.9 Å². The van der Waals surface area contributed by atoms with E-state index in [0.29, 0.717) is 12.1 Å². The van der Waals surface area contributed by atoms with Gasteiger partial charge in [-0.05, 0) is 52.8 Å². The van der Waals surface area contributed by atoms with E-state index in [1.54, 1.807) is 6.20 Å². The summed E-state index contributed by atoms with van der Waals surface area (Å²) in [7, 11) is 0. The molecule has 31 heavy (non-hydrogen) atoms. The van der Waals surface area contributed by atoms with Crippen molar-refractivity contribution in [2.75, 3.05) is 0 Å². The van der Waals surface area contributed by atoms with Crippen molar-refractivity contribution in [3.8, 4) is 0 Å². The molecule has 0 unspecified atom stereocenters. The van der Waals surface area contributed by atoms with Crippen LogP contribution in [-0.4, -0.2) is 30.5 Å². The van der Waals surface area contributed by atoms with Crippen LogP contribution in [-0.2, 0) is 13.1 Å². The maximum atomic E-state index is 13.4. The Kier molecular flexibility index (Phi) is 5.59. The zero-order valence-electron chi connectivity index (χ0n) is 18.7. The fourth-order valence-electron chi connectivity index (χ4n) is 4.21. The van der Waals surface area contributed by atoms with Gasteiger partial charge in [0.1, 0.15) is 0 Å². The summed E-state index contributed by atoms with van der Waals surface area (Å²) in [6.07, 6.45) is 1.77. The van der Waals surface area contributed by atoms with Gasteiger partial charge in [-0.2, -0.15) is 10.2 Å². The molecule has 1 aromatic carbocycles. The molecule has 3 heterocycles. The fraction of sp³-hybridized carbons (Fsp3) is 0.333. The van der Waals surface area contributed by atoms with Crippen molar-refractivity contribution < 1.29 is 4.79 Å². The summed E-state index contributed by atoms with van der Waals surface area (Å²) in [5.74, 6) is -0.118. The van der Waals surface area contributed by atoms with Crippen LogP contribution in [0.5, 0.6) is 0 Å². The number of aryl methyl sites for hydroxylation is 3. The molecule has 0 aliphatic carbocycles. The lowest BCUT2D eigenvalue weighted by Crippen LogP contribution is -2.28. The maximum absolute atomic E-state index is 13.4. The average molecular weight is 417 g/mol. The first-order valence-corrected chi connectivity index (χ1v) is 10.6. The SMILES string of the molecule is CCn1nc(C)c([C@@H](C)NC(=O)c2cc(Cn3nccc3C)nc3ccccc23)c1C. The standard InChI is InChI=1S/C24H28N6O/c1-6-29-18(5)23(17(4)28-29)16(3)26-24(31)21-13-19(14-30-15(2)11-12-25-30)27-22-10-8-7-9-20(21)22/h7-13,16H,6,14H2,1-5H3,(H,26,31)/t16-/m1/s1. The van der Waals surface area contributed by atoms with Crippen LogP contribution in [0.2, 0.25) is 0 Å². The van der Waals surface area contributed by atoms with E-state index < -0.39 is 0 Å². The predicted octanol–water partition coefficient (Wildman–Crippen LogP) is 4.11. The number of para-hydroxylation sites is 1. The zero-order chi connectivity index (χ0) is 22.1. The molecule has 0 bridgehead atoms. The van der Waals surface area contributed by atoms with Crippen LogP contribution in [0, 0.1) is 20.8 Å². The largest absolute Gasteiger partial charge is 0.345 e. The Balaban J connectivity index is 1.68. The van der Waals surface area contributed by atoms with Crippen LogP contribution < -0.4 is 5.32 Å². The molecule has 4 aromatic rings. The molecule has 7 heteroatoms. The van der Waals surface area contributed by atoms with E-state index in [4.69, 9.17) is 4.98 Å². The highest BCUT2D eigenvalue weighted by Crippen LogP contribution is 2.24. The highest BCUT2D eigenvalue weighted by atomic mass is 16.1. The van der Waals surface area contributed by atoms with Gasteiger partial charge in [-0.1, -0.05) is 18.2 Å². The minimum atomic E-state index is -0.156. The highest BCUT2D eigenvalue weighted by Gasteiger charge is 2.21. The molecular formula is C24H28N6O. The summed E-state index contributed by atoms with van der Waals surface area (Å²) in [5, 5.41) is 13.0. The topological polar surface area (TPSA) is 77.6 Å². The molecule has 3 aromatic heterocycles. The van der Waals surface area contributed by atoms with Crippen molar-refractivity contribution >= 4 is 16.8 Å². The predicted molar refractivity (Wildman–Crippen MR) is 121 cm³/mol. The Morgan fingerprint density at radius 3 is 2.58 bits per heavy atom. The van der Waals surface area contributed by atoms with Gasteiger partial charge in [0.05, 0.1) is 35.1 Å². The summed E-state index contributed by atoms with van der Waals surface area (Å²) >= 11 is 0. The van der Waals surface area contributed by atoms with Crippen LogP contribution in [0.1, 0.15) is 58.6 Å². The number of pyridine rings is 1. The fourth-order valence-corrected chi connectivity index (χ4v) is 4.21. The summed E-state index contributed by atoms with van der Waals surface area (Å²) in [4.78, 5) is 18.1. The first kappa shape index (κ1) is 20.8. The van der Waals surface area contributed by atoms with Crippen molar-refractivity contribution in [3.05, 3.63) is 76.5 Å². The first-order chi connectivity index (χ1) is 14.9. The second-order valence-corrected chi connectivity index (χ2v) is 7.90. The van der Waals surface area contributed by atoms with Crippen molar-refractivity contribution in [2.45, 2.75) is 53.8 Å². The quantitative estimate of drug-likeness (QED) is 0.513. The number of fused-ring (bicyclic) bond motifs is 1. The molecule has 1 amide bonds. The number of carbonyl (C=O) groups is 1. The Morgan fingerprint density at radius 1 is 1.13 bits per heavy atom. The summed E-state index contributed by atoms with van der Waals surface area (Å²) in [6, 6.07) is 11.4. The normalized spacial score (nSPS) is 12.3. The maximum Gasteiger partial charge on any atom is 0.252 e. The summed E-state index contributed by atoms with van der Waals surface area (Å²) in [6.45, 7) is 11.4. The molecule has 0 aliphatic rings. The minimum Gasteiger partial charge on any atom is -0.345 e. The number of hydrogen-bond acceptors (Lipinski definition) is 4. The van der Waals surface area contributed by atoms with E-state index in [-0.39, 0.29) is 11.9 Å². The third kappa shape index (κ3) is 3.95. The Bertz CT molecular complexity index is 1250. The van der Waals surface area contributed by atoms with Gasteiger partial charge in [0.2, 0.25) is 0 Å². The van der Waals surface area contributed by atoms with Crippen molar-refractivity contribution in [1.82, 2.24) is 29.9 Å². The average Bonchev–Trinajstić information content (AvgIpc) is 3.28. The number of nitrogens with one attached hydrogen (secondary N) is 1. The van der Waals surface area contributed by atoms with E-state index in [2.05, 4.69) is 22.4 Å². The molecule has 160 valence electrons. The number of benzene rings is 1. The molecule has 4 rings (SSSR count). The zero-order valence-corrected chi connectivity index (χ0v) is 18.7. The Hall–Kier alpha value is -3.48. The summed E-state index contributed by atoms with van der Waals surface area (Å²) in [5.41, 5.74) is 6.37. The van der Waals surface area contributed by atoms with E-state index in [1.165, 1.54) is 0 Å². The van der Waals surface area contributed by atoms with Gasteiger partial charge in [-0.3, -0.25) is 19.1 Å². The Morgan fingerprint density at radius 2 is 1.90 bits per heavy atom. The van der Waals surface area contributed by atoms with Crippen molar-refractivity contribution in [2.24, 2.45) is 0 Å². The van der Waals surface area contributed by atoms with Crippen molar-refractivity contribution in [3.63, 3.8) is 0 Å². The van der Waals surface area contributed by atoms with Gasteiger partial charge in [-0.15, -0.1) is 0 Å².